The van der Waals surface area contributed by atoms with Gasteiger partial charge < -0.3 is 10.1 Å². The van der Waals surface area contributed by atoms with Crippen molar-refractivity contribution >= 4 is 12.2 Å². The normalized spacial score (nSPS) is 39.5. The van der Waals surface area contributed by atoms with Crippen molar-refractivity contribution in [2.24, 2.45) is 11.8 Å². The average molecular weight is 209 g/mol. The van der Waals surface area contributed by atoms with E-state index in [1.807, 2.05) is 0 Å². The molecular formula is C12H19NO2. The Morgan fingerprint density at radius 1 is 1.47 bits per heavy atom. The Hall–Kier alpha value is -0.860. The maximum absolute atomic E-state index is 11.2. The molecule has 2 aliphatic carbocycles. The molecule has 0 aromatic heterocycles. The van der Waals surface area contributed by atoms with Gasteiger partial charge in [0.15, 0.2) is 0 Å². The van der Waals surface area contributed by atoms with Crippen molar-refractivity contribution in [1.29, 1.82) is 0 Å². The van der Waals surface area contributed by atoms with Gasteiger partial charge in [-0.1, -0.05) is 12.8 Å². The predicted octanol–water partition coefficient (Wildman–Crippen LogP) is 1.66. The third kappa shape index (κ3) is 2.21. The number of carbonyl (C=O) groups is 2. The third-order valence-electron chi connectivity index (χ3n) is 3.87. The zero-order valence-corrected chi connectivity index (χ0v) is 9.29. The van der Waals surface area contributed by atoms with Crippen molar-refractivity contribution < 1.29 is 9.59 Å². The van der Waals surface area contributed by atoms with Crippen LogP contribution in [0.15, 0.2) is 0 Å². The molecule has 15 heavy (non-hydrogen) atoms. The van der Waals surface area contributed by atoms with Gasteiger partial charge in [0.1, 0.15) is 6.29 Å². The smallest absolute Gasteiger partial charge is 0.217 e. The average Bonchev–Trinajstić information content (AvgIpc) is 2.15. The standard InChI is InChI=1S/C12H19NO2/c1-9(15)13-12-4-2-3-10(6-12)5-11(7-12)8-14/h8,10-11H,2-7H2,1H3,(H,13,15). The summed E-state index contributed by atoms with van der Waals surface area (Å²) in [6.45, 7) is 1.57. The minimum Gasteiger partial charge on any atom is -0.351 e. The SMILES string of the molecule is CC(=O)NC12CCCC(CC(C=O)C1)C2. The monoisotopic (exact) mass is 209 g/mol. The van der Waals surface area contributed by atoms with Crippen LogP contribution in [0.5, 0.6) is 0 Å². The van der Waals surface area contributed by atoms with E-state index < -0.39 is 0 Å². The fourth-order valence-corrected chi connectivity index (χ4v) is 3.53. The molecule has 0 saturated heterocycles. The first kappa shape index (κ1) is 10.7. The number of fused-ring (bicyclic) bond motifs is 2. The van der Waals surface area contributed by atoms with Crippen LogP contribution < -0.4 is 5.32 Å². The lowest BCUT2D eigenvalue weighted by Gasteiger charge is -2.47. The van der Waals surface area contributed by atoms with Crippen molar-refractivity contribution in [2.75, 3.05) is 0 Å². The van der Waals surface area contributed by atoms with E-state index in [1.54, 1.807) is 6.92 Å². The van der Waals surface area contributed by atoms with E-state index in [9.17, 15) is 9.59 Å². The molecular weight excluding hydrogens is 190 g/mol. The maximum Gasteiger partial charge on any atom is 0.217 e. The third-order valence-corrected chi connectivity index (χ3v) is 3.87. The summed E-state index contributed by atoms with van der Waals surface area (Å²) in [4.78, 5) is 22.1. The van der Waals surface area contributed by atoms with Crippen LogP contribution in [0, 0.1) is 11.8 Å². The molecule has 1 N–H and O–H groups in total. The van der Waals surface area contributed by atoms with Crippen molar-refractivity contribution in [3.8, 4) is 0 Å². The second-order valence-electron chi connectivity index (χ2n) is 5.26. The van der Waals surface area contributed by atoms with E-state index in [4.69, 9.17) is 0 Å². The highest BCUT2D eigenvalue weighted by molar-refractivity contribution is 5.74. The molecule has 1 amide bonds. The van der Waals surface area contributed by atoms with E-state index in [0.717, 1.165) is 32.0 Å². The number of hydrogen-bond donors (Lipinski definition) is 1. The Balaban J connectivity index is 2.13. The fourth-order valence-electron chi connectivity index (χ4n) is 3.53. The van der Waals surface area contributed by atoms with E-state index in [2.05, 4.69) is 5.32 Å². The van der Waals surface area contributed by atoms with Crippen LogP contribution in [0.3, 0.4) is 0 Å². The molecule has 3 unspecified atom stereocenters. The molecule has 0 spiro atoms. The minimum atomic E-state index is -0.0570. The van der Waals surface area contributed by atoms with Crippen molar-refractivity contribution in [2.45, 2.75) is 51.0 Å². The Bertz CT molecular complexity index is 277. The molecule has 3 nitrogen and oxygen atoms in total. The van der Waals surface area contributed by atoms with E-state index in [-0.39, 0.29) is 17.4 Å². The minimum absolute atomic E-state index is 0.0437. The molecule has 0 aliphatic heterocycles. The number of rotatable bonds is 2. The quantitative estimate of drug-likeness (QED) is 0.703. The first-order chi connectivity index (χ1) is 7.13. The number of amides is 1. The van der Waals surface area contributed by atoms with Gasteiger partial charge in [-0.2, -0.15) is 0 Å². The van der Waals surface area contributed by atoms with Crippen molar-refractivity contribution in [3.05, 3.63) is 0 Å². The first-order valence-electron chi connectivity index (χ1n) is 5.88. The Kier molecular flexibility index (Phi) is 2.81. The molecule has 2 rings (SSSR count). The number of nitrogens with one attached hydrogen (secondary N) is 1. The fraction of sp³-hybridized carbons (Fsp3) is 0.833. The van der Waals surface area contributed by atoms with Gasteiger partial charge in [0, 0.05) is 18.4 Å². The lowest BCUT2D eigenvalue weighted by Crippen LogP contribution is -2.54. The van der Waals surface area contributed by atoms with Crippen LogP contribution in [-0.2, 0) is 9.59 Å². The summed E-state index contributed by atoms with van der Waals surface area (Å²) in [5.74, 6) is 0.854. The van der Waals surface area contributed by atoms with Gasteiger partial charge in [-0.05, 0) is 31.6 Å². The summed E-state index contributed by atoms with van der Waals surface area (Å²) in [6, 6.07) is 0. The van der Waals surface area contributed by atoms with Gasteiger partial charge >= 0.3 is 0 Å². The molecule has 0 aromatic carbocycles. The highest BCUT2D eigenvalue weighted by Crippen LogP contribution is 2.44. The van der Waals surface area contributed by atoms with Gasteiger partial charge in [0.25, 0.3) is 0 Å². The molecule has 0 radical (unpaired) electrons. The molecule has 2 bridgehead atoms. The van der Waals surface area contributed by atoms with E-state index in [1.165, 1.54) is 12.8 Å². The van der Waals surface area contributed by atoms with E-state index in [0.29, 0.717) is 5.92 Å². The molecule has 84 valence electrons. The van der Waals surface area contributed by atoms with Crippen LogP contribution in [0.25, 0.3) is 0 Å². The lowest BCUT2D eigenvalue weighted by molar-refractivity contribution is -0.124. The summed E-state index contributed by atoms with van der Waals surface area (Å²) >= 11 is 0. The van der Waals surface area contributed by atoms with Gasteiger partial charge in [-0.3, -0.25) is 4.79 Å². The van der Waals surface area contributed by atoms with Crippen LogP contribution in [-0.4, -0.2) is 17.7 Å². The highest BCUT2D eigenvalue weighted by atomic mass is 16.1. The van der Waals surface area contributed by atoms with Crippen LogP contribution >= 0.6 is 0 Å². The zero-order chi connectivity index (χ0) is 10.9. The number of aldehydes is 1. The highest BCUT2D eigenvalue weighted by Gasteiger charge is 2.43. The zero-order valence-electron chi connectivity index (χ0n) is 9.29. The molecule has 3 atom stereocenters. The topological polar surface area (TPSA) is 46.2 Å². The Morgan fingerprint density at radius 2 is 2.27 bits per heavy atom. The van der Waals surface area contributed by atoms with Crippen LogP contribution in [0.1, 0.15) is 45.4 Å². The molecule has 2 saturated carbocycles. The van der Waals surface area contributed by atoms with Gasteiger partial charge in [0.2, 0.25) is 5.91 Å². The molecule has 0 aromatic rings. The molecule has 0 heterocycles. The second-order valence-corrected chi connectivity index (χ2v) is 5.26. The summed E-state index contributed by atoms with van der Waals surface area (Å²) in [5, 5.41) is 3.09. The molecule has 2 fully saturated rings. The van der Waals surface area contributed by atoms with Crippen molar-refractivity contribution in [3.63, 3.8) is 0 Å². The van der Waals surface area contributed by atoms with Crippen molar-refractivity contribution in [1.82, 2.24) is 5.32 Å². The summed E-state index contributed by atoms with van der Waals surface area (Å²) < 4.78 is 0. The number of hydrogen-bond acceptors (Lipinski definition) is 2. The van der Waals surface area contributed by atoms with Gasteiger partial charge in [0.05, 0.1) is 0 Å². The molecule has 2 aliphatic rings. The van der Waals surface area contributed by atoms with E-state index >= 15 is 0 Å². The Morgan fingerprint density at radius 3 is 2.93 bits per heavy atom. The first-order valence-corrected chi connectivity index (χ1v) is 5.88. The predicted molar refractivity (Wildman–Crippen MR) is 57.3 cm³/mol. The number of carbonyl (C=O) groups excluding carboxylic acids is 2. The summed E-state index contributed by atoms with van der Waals surface area (Å²) in [6.07, 6.45) is 7.51. The van der Waals surface area contributed by atoms with Gasteiger partial charge in [-0.25, -0.2) is 0 Å². The Labute approximate surface area is 90.6 Å². The van der Waals surface area contributed by atoms with Gasteiger partial charge in [-0.15, -0.1) is 0 Å². The second kappa shape index (κ2) is 3.95. The lowest BCUT2D eigenvalue weighted by atomic mass is 9.64. The van der Waals surface area contributed by atoms with Crippen LogP contribution in [0.4, 0.5) is 0 Å². The van der Waals surface area contributed by atoms with Crippen LogP contribution in [0.2, 0.25) is 0 Å². The largest absolute Gasteiger partial charge is 0.351 e. The summed E-state index contributed by atoms with van der Waals surface area (Å²) in [5.41, 5.74) is -0.0570. The molecule has 3 heteroatoms. The summed E-state index contributed by atoms with van der Waals surface area (Å²) in [7, 11) is 0. The maximum atomic E-state index is 11.2.